The Kier molecular flexibility index (Phi) is 3.16. The third kappa shape index (κ3) is 2.54. The summed E-state index contributed by atoms with van der Waals surface area (Å²) in [4.78, 5) is 7.92. The molecule has 0 bridgehead atoms. The van der Waals surface area contributed by atoms with Crippen molar-refractivity contribution >= 4 is 23.4 Å². The van der Waals surface area contributed by atoms with Gasteiger partial charge < -0.3 is 15.8 Å². The molecule has 0 atom stereocenters. The maximum Gasteiger partial charge on any atom is 0.222 e. The van der Waals surface area contributed by atoms with Crippen molar-refractivity contribution in [2.45, 2.75) is 25.3 Å². The fourth-order valence-corrected chi connectivity index (χ4v) is 1.84. The molecule has 1 aromatic heterocycles. The Bertz CT molecular complexity index is 379. The molecule has 0 unspecified atom stereocenters. The molecule has 2 rings (SSSR count). The second-order valence-electron chi connectivity index (χ2n) is 4.22. The zero-order valence-electron chi connectivity index (χ0n) is 9.16. The minimum Gasteiger partial charge on any atom is -0.381 e. The fourth-order valence-electron chi connectivity index (χ4n) is 1.70. The average molecular weight is 243 g/mol. The summed E-state index contributed by atoms with van der Waals surface area (Å²) in [7, 11) is 0. The fraction of sp³-hybridized carbons (Fsp3) is 0.600. The first-order chi connectivity index (χ1) is 7.59. The minimum absolute atomic E-state index is 0.0390. The first kappa shape index (κ1) is 11.4. The molecule has 0 radical (unpaired) electrons. The van der Waals surface area contributed by atoms with Crippen LogP contribution >= 0.6 is 11.6 Å². The first-order valence-electron chi connectivity index (χ1n) is 5.23. The predicted octanol–water partition coefficient (Wildman–Crippen LogP) is 1.69. The highest BCUT2D eigenvalue weighted by Crippen LogP contribution is 2.28. The molecule has 16 heavy (non-hydrogen) atoms. The molecule has 2 heterocycles. The van der Waals surface area contributed by atoms with Gasteiger partial charge in [-0.1, -0.05) is 11.6 Å². The number of nitrogens with zero attached hydrogens (tertiary/aromatic N) is 2. The third-order valence-corrected chi connectivity index (χ3v) is 3.06. The summed E-state index contributed by atoms with van der Waals surface area (Å²) in [5.74, 6) is 0.820. The van der Waals surface area contributed by atoms with E-state index < -0.39 is 0 Å². The van der Waals surface area contributed by atoms with E-state index in [0.29, 0.717) is 10.8 Å². The number of halogens is 1. The summed E-state index contributed by atoms with van der Waals surface area (Å²) >= 11 is 6.00. The number of aromatic nitrogens is 2. The number of nitrogens with one attached hydrogen (secondary N) is 1. The molecule has 88 valence electrons. The maximum absolute atomic E-state index is 6.00. The number of rotatable bonds is 2. The number of hydrogen-bond acceptors (Lipinski definition) is 5. The molecule has 0 spiro atoms. The molecule has 1 aliphatic heterocycles. The molecule has 1 aliphatic rings. The minimum atomic E-state index is -0.0390. The normalized spacial score (nSPS) is 19.4. The van der Waals surface area contributed by atoms with Gasteiger partial charge in [0.15, 0.2) is 5.82 Å². The van der Waals surface area contributed by atoms with Crippen LogP contribution in [0.1, 0.15) is 19.8 Å². The van der Waals surface area contributed by atoms with Crippen molar-refractivity contribution in [1.29, 1.82) is 0 Å². The molecule has 0 aromatic carbocycles. The number of hydrogen-bond donors (Lipinski definition) is 2. The van der Waals surface area contributed by atoms with Gasteiger partial charge in [-0.25, -0.2) is 4.98 Å². The molecule has 0 aliphatic carbocycles. The lowest BCUT2D eigenvalue weighted by atomic mass is 9.92. The van der Waals surface area contributed by atoms with Crippen LogP contribution in [0.2, 0.25) is 5.02 Å². The van der Waals surface area contributed by atoms with Crippen molar-refractivity contribution in [2.75, 3.05) is 24.3 Å². The molecule has 6 heteroatoms. The Labute approximate surface area is 99.4 Å². The second kappa shape index (κ2) is 4.43. The van der Waals surface area contributed by atoms with Crippen molar-refractivity contribution in [3.8, 4) is 0 Å². The average Bonchev–Trinajstić information content (AvgIpc) is 2.24. The van der Waals surface area contributed by atoms with Crippen LogP contribution in [0.15, 0.2) is 6.20 Å². The van der Waals surface area contributed by atoms with Crippen molar-refractivity contribution in [3.63, 3.8) is 0 Å². The quantitative estimate of drug-likeness (QED) is 0.826. The SMILES string of the molecule is CC1(Nc2nc(N)ncc2Cl)CCOCC1. The highest BCUT2D eigenvalue weighted by atomic mass is 35.5. The molecule has 1 fully saturated rings. The van der Waals surface area contributed by atoms with Gasteiger partial charge in [-0.15, -0.1) is 0 Å². The molecular formula is C10H15ClN4O. The summed E-state index contributed by atoms with van der Waals surface area (Å²) in [5.41, 5.74) is 5.49. The van der Waals surface area contributed by atoms with E-state index in [1.165, 1.54) is 6.20 Å². The lowest BCUT2D eigenvalue weighted by Gasteiger charge is -2.35. The van der Waals surface area contributed by atoms with Crippen molar-refractivity contribution < 1.29 is 4.74 Å². The summed E-state index contributed by atoms with van der Waals surface area (Å²) in [6, 6.07) is 0. The van der Waals surface area contributed by atoms with Crippen LogP contribution in [0.4, 0.5) is 11.8 Å². The van der Waals surface area contributed by atoms with E-state index in [2.05, 4.69) is 22.2 Å². The van der Waals surface area contributed by atoms with Crippen LogP contribution in [0, 0.1) is 0 Å². The van der Waals surface area contributed by atoms with Crippen LogP contribution in [0.5, 0.6) is 0 Å². The molecular weight excluding hydrogens is 228 g/mol. The van der Waals surface area contributed by atoms with Gasteiger partial charge in [0.1, 0.15) is 5.02 Å². The molecule has 1 aromatic rings. The van der Waals surface area contributed by atoms with Gasteiger partial charge in [0, 0.05) is 18.8 Å². The van der Waals surface area contributed by atoms with Gasteiger partial charge >= 0.3 is 0 Å². The van der Waals surface area contributed by atoms with E-state index in [9.17, 15) is 0 Å². The smallest absolute Gasteiger partial charge is 0.222 e. The standard InChI is InChI=1S/C10H15ClN4O/c1-10(2-4-16-5-3-10)15-8-7(11)6-13-9(12)14-8/h6H,2-5H2,1H3,(H3,12,13,14,15). The Morgan fingerprint density at radius 1 is 1.50 bits per heavy atom. The van der Waals surface area contributed by atoms with Crippen LogP contribution in [0.3, 0.4) is 0 Å². The van der Waals surface area contributed by atoms with Crippen LogP contribution < -0.4 is 11.1 Å². The highest BCUT2D eigenvalue weighted by molar-refractivity contribution is 6.32. The van der Waals surface area contributed by atoms with Crippen molar-refractivity contribution in [1.82, 2.24) is 9.97 Å². The second-order valence-corrected chi connectivity index (χ2v) is 4.63. The van der Waals surface area contributed by atoms with Gasteiger partial charge in [-0.2, -0.15) is 4.98 Å². The first-order valence-corrected chi connectivity index (χ1v) is 5.61. The zero-order valence-corrected chi connectivity index (χ0v) is 9.92. The lowest BCUT2D eigenvalue weighted by molar-refractivity contribution is 0.0657. The van der Waals surface area contributed by atoms with Crippen molar-refractivity contribution in [2.24, 2.45) is 0 Å². The number of ether oxygens (including phenoxy) is 1. The molecule has 0 amide bonds. The van der Waals surface area contributed by atoms with Gasteiger partial charge in [-0.3, -0.25) is 0 Å². The summed E-state index contributed by atoms with van der Waals surface area (Å²) in [6.07, 6.45) is 3.36. The predicted molar refractivity (Wildman–Crippen MR) is 63.5 cm³/mol. The molecule has 0 saturated carbocycles. The maximum atomic E-state index is 6.00. The lowest BCUT2D eigenvalue weighted by Crippen LogP contribution is -2.41. The molecule has 1 saturated heterocycles. The highest BCUT2D eigenvalue weighted by Gasteiger charge is 2.28. The van der Waals surface area contributed by atoms with E-state index in [4.69, 9.17) is 22.1 Å². The molecule has 3 N–H and O–H groups in total. The number of anilines is 2. The van der Waals surface area contributed by atoms with Gasteiger partial charge in [0.05, 0.1) is 6.20 Å². The number of nitrogen functional groups attached to an aromatic ring is 1. The largest absolute Gasteiger partial charge is 0.381 e. The van der Waals surface area contributed by atoms with Gasteiger partial charge in [0.25, 0.3) is 0 Å². The summed E-state index contributed by atoms with van der Waals surface area (Å²) in [6.45, 7) is 3.63. The third-order valence-electron chi connectivity index (χ3n) is 2.78. The van der Waals surface area contributed by atoms with Gasteiger partial charge in [0.2, 0.25) is 5.95 Å². The van der Waals surface area contributed by atoms with E-state index in [1.54, 1.807) is 0 Å². The Morgan fingerprint density at radius 2 is 2.19 bits per heavy atom. The summed E-state index contributed by atoms with van der Waals surface area (Å²) in [5, 5.41) is 3.81. The Balaban J connectivity index is 2.15. The Hall–Kier alpha value is -1.07. The van der Waals surface area contributed by atoms with Crippen LogP contribution in [-0.4, -0.2) is 28.7 Å². The van der Waals surface area contributed by atoms with E-state index >= 15 is 0 Å². The Morgan fingerprint density at radius 3 is 2.88 bits per heavy atom. The number of nitrogens with two attached hydrogens (primary N) is 1. The zero-order chi connectivity index (χ0) is 11.6. The summed E-state index contributed by atoms with van der Waals surface area (Å²) < 4.78 is 5.33. The van der Waals surface area contributed by atoms with Crippen LogP contribution in [0.25, 0.3) is 0 Å². The topological polar surface area (TPSA) is 73.1 Å². The van der Waals surface area contributed by atoms with Gasteiger partial charge in [-0.05, 0) is 19.8 Å². The van der Waals surface area contributed by atoms with Crippen molar-refractivity contribution in [3.05, 3.63) is 11.2 Å². The monoisotopic (exact) mass is 242 g/mol. The van der Waals surface area contributed by atoms with E-state index in [1.807, 2.05) is 0 Å². The molecule has 5 nitrogen and oxygen atoms in total. The van der Waals surface area contributed by atoms with E-state index in [0.717, 1.165) is 26.1 Å². The van der Waals surface area contributed by atoms with Crippen LogP contribution in [-0.2, 0) is 4.74 Å². The van der Waals surface area contributed by atoms with E-state index in [-0.39, 0.29) is 11.5 Å².